The van der Waals surface area contributed by atoms with Gasteiger partial charge in [-0.15, -0.1) is 0 Å². The van der Waals surface area contributed by atoms with Crippen LogP contribution >= 0.6 is 0 Å². The molecule has 2 amide bonds. The number of rotatable bonds is 5. The lowest BCUT2D eigenvalue weighted by Crippen LogP contribution is -2.31. The number of hydrogen-bond acceptors (Lipinski definition) is 4. The van der Waals surface area contributed by atoms with Crippen LogP contribution in [0.3, 0.4) is 0 Å². The number of methoxy groups -OCH3 is 1. The lowest BCUT2D eigenvalue weighted by Gasteiger charge is -2.13. The van der Waals surface area contributed by atoms with E-state index in [1.54, 1.807) is 6.92 Å². The molecule has 1 fully saturated rings. The van der Waals surface area contributed by atoms with Crippen LogP contribution in [0.2, 0.25) is 0 Å². The molecule has 1 saturated heterocycles. The van der Waals surface area contributed by atoms with Crippen LogP contribution in [0.15, 0.2) is 0 Å². The molecule has 0 spiro atoms. The van der Waals surface area contributed by atoms with Gasteiger partial charge in [-0.05, 0) is 12.8 Å². The Bertz CT molecular complexity index is 300. The molecule has 0 aromatic rings. The Hall–Kier alpha value is -1.39. The normalized spacial score (nSPS) is 20.4. The Morgan fingerprint density at radius 1 is 1.44 bits per heavy atom. The number of imide groups is 1. The van der Waals surface area contributed by atoms with Crippen LogP contribution in [0.5, 0.6) is 0 Å². The van der Waals surface area contributed by atoms with Gasteiger partial charge in [-0.1, -0.05) is 6.92 Å². The molecule has 0 bridgehead atoms. The maximum absolute atomic E-state index is 11.5. The summed E-state index contributed by atoms with van der Waals surface area (Å²) in [4.78, 5) is 35.0. The van der Waals surface area contributed by atoms with Crippen molar-refractivity contribution in [2.75, 3.05) is 13.7 Å². The number of nitrogens with zero attached hydrogens (tertiary/aromatic N) is 1. The van der Waals surface area contributed by atoms with Gasteiger partial charge in [0.25, 0.3) is 0 Å². The van der Waals surface area contributed by atoms with Crippen LogP contribution in [0, 0.1) is 5.92 Å². The van der Waals surface area contributed by atoms with Gasteiger partial charge in [-0.3, -0.25) is 19.3 Å². The molecule has 90 valence electrons. The van der Waals surface area contributed by atoms with Crippen molar-refractivity contribution in [3.8, 4) is 0 Å². The number of amides is 2. The van der Waals surface area contributed by atoms with E-state index in [-0.39, 0.29) is 23.7 Å². The van der Waals surface area contributed by atoms with Crippen LogP contribution in [0.25, 0.3) is 0 Å². The van der Waals surface area contributed by atoms with E-state index in [9.17, 15) is 14.4 Å². The number of esters is 1. The van der Waals surface area contributed by atoms with E-state index in [1.807, 2.05) is 0 Å². The van der Waals surface area contributed by atoms with E-state index in [0.717, 1.165) is 0 Å². The van der Waals surface area contributed by atoms with E-state index in [0.29, 0.717) is 32.2 Å². The standard InChI is InChI=1S/C11H17NO4/c1-8-7-9(13)12(11(8)15)6-4-3-5-10(14)16-2/h8H,3-7H2,1-2H3. The molecule has 0 aromatic heterocycles. The lowest BCUT2D eigenvalue weighted by molar-refractivity contribution is -0.140. The first-order valence-corrected chi connectivity index (χ1v) is 5.47. The number of hydrogen-bond donors (Lipinski definition) is 0. The summed E-state index contributed by atoms with van der Waals surface area (Å²) in [7, 11) is 1.34. The Balaban J connectivity index is 2.25. The molecular formula is C11H17NO4. The van der Waals surface area contributed by atoms with Gasteiger partial charge in [0.05, 0.1) is 7.11 Å². The molecular weight excluding hydrogens is 210 g/mol. The van der Waals surface area contributed by atoms with Crippen molar-refractivity contribution in [1.29, 1.82) is 0 Å². The molecule has 1 aliphatic heterocycles. The molecule has 16 heavy (non-hydrogen) atoms. The van der Waals surface area contributed by atoms with Crippen LogP contribution in [-0.2, 0) is 19.1 Å². The summed E-state index contributed by atoms with van der Waals surface area (Å²) in [5.41, 5.74) is 0. The van der Waals surface area contributed by atoms with E-state index in [1.165, 1.54) is 12.0 Å². The topological polar surface area (TPSA) is 63.7 Å². The summed E-state index contributed by atoms with van der Waals surface area (Å²) >= 11 is 0. The first-order chi connectivity index (χ1) is 7.56. The van der Waals surface area contributed by atoms with Crippen LogP contribution in [0.4, 0.5) is 0 Å². The molecule has 0 aromatic carbocycles. The first kappa shape index (κ1) is 12.7. The fourth-order valence-corrected chi connectivity index (χ4v) is 1.72. The minimum atomic E-state index is -0.257. The third-order valence-electron chi connectivity index (χ3n) is 2.71. The molecule has 1 heterocycles. The summed E-state index contributed by atoms with van der Waals surface area (Å²) in [5.74, 6) is -0.640. The summed E-state index contributed by atoms with van der Waals surface area (Å²) < 4.78 is 4.50. The van der Waals surface area contributed by atoms with Crippen LogP contribution in [-0.4, -0.2) is 36.3 Å². The Kier molecular flexibility index (Phi) is 4.46. The minimum absolute atomic E-state index is 0.0944. The van der Waals surface area contributed by atoms with Gasteiger partial charge >= 0.3 is 5.97 Å². The van der Waals surface area contributed by atoms with Crippen molar-refractivity contribution in [2.45, 2.75) is 32.6 Å². The molecule has 1 unspecified atom stereocenters. The average Bonchev–Trinajstić information content (AvgIpc) is 2.49. The highest BCUT2D eigenvalue weighted by Crippen LogP contribution is 2.19. The van der Waals surface area contributed by atoms with Crippen molar-refractivity contribution in [3.05, 3.63) is 0 Å². The predicted molar refractivity (Wildman–Crippen MR) is 56.4 cm³/mol. The molecule has 1 atom stereocenters. The van der Waals surface area contributed by atoms with Gasteiger partial charge in [0.1, 0.15) is 0 Å². The Labute approximate surface area is 94.7 Å². The molecule has 0 radical (unpaired) electrons. The van der Waals surface area contributed by atoms with Gasteiger partial charge in [0.15, 0.2) is 0 Å². The van der Waals surface area contributed by atoms with Crippen molar-refractivity contribution >= 4 is 17.8 Å². The first-order valence-electron chi connectivity index (χ1n) is 5.47. The van der Waals surface area contributed by atoms with Gasteiger partial charge < -0.3 is 4.74 Å². The number of unbranched alkanes of at least 4 members (excludes halogenated alkanes) is 1. The molecule has 5 nitrogen and oxygen atoms in total. The second-order valence-electron chi connectivity index (χ2n) is 4.02. The second kappa shape index (κ2) is 5.63. The molecule has 0 saturated carbocycles. The van der Waals surface area contributed by atoms with Gasteiger partial charge in [0.2, 0.25) is 11.8 Å². The lowest BCUT2D eigenvalue weighted by atomic mass is 10.1. The maximum Gasteiger partial charge on any atom is 0.305 e. The molecule has 1 rings (SSSR count). The summed E-state index contributed by atoms with van der Waals surface area (Å²) in [6, 6.07) is 0. The SMILES string of the molecule is COC(=O)CCCCN1C(=O)CC(C)C1=O. The minimum Gasteiger partial charge on any atom is -0.469 e. The largest absolute Gasteiger partial charge is 0.469 e. The van der Waals surface area contributed by atoms with E-state index in [4.69, 9.17) is 0 Å². The molecule has 0 N–H and O–H groups in total. The third kappa shape index (κ3) is 3.05. The summed E-state index contributed by atoms with van der Waals surface area (Å²) in [6.45, 7) is 2.17. The zero-order chi connectivity index (χ0) is 12.1. The number of carbonyl (C=O) groups is 3. The van der Waals surface area contributed by atoms with E-state index >= 15 is 0 Å². The van der Waals surface area contributed by atoms with Gasteiger partial charge in [-0.2, -0.15) is 0 Å². The zero-order valence-electron chi connectivity index (χ0n) is 9.69. The van der Waals surface area contributed by atoms with Gasteiger partial charge in [-0.25, -0.2) is 0 Å². The number of likely N-dealkylation sites (tertiary alicyclic amines) is 1. The van der Waals surface area contributed by atoms with Crippen molar-refractivity contribution in [1.82, 2.24) is 4.90 Å². The van der Waals surface area contributed by atoms with Gasteiger partial charge in [0, 0.05) is 25.3 Å². The van der Waals surface area contributed by atoms with Crippen LogP contribution < -0.4 is 0 Å². The highest BCUT2D eigenvalue weighted by atomic mass is 16.5. The van der Waals surface area contributed by atoms with Crippen molar-refractivity contribution in [2.24, 2.45) is 5.92 Å². The summed E-state index contributed by atoms with van der Waals surface area (Å²) in [5, 5.41) is 0. The second-order valence-corrected chi connectivity index (χ2v) is 4.02. The monoisotopic (exact) mass is 227 g/mol. The highest BCUT2D eigenvalue weighted by Gasteiger charge is 2.34. The van der Waals surface area contributed by atoms with E-state index in [2.05, 4.69) is 4.74 Å². The van der Waals surface area contributed by atoms with Crippen LogP contribution in [0.1, 0.15) is 32.6 Å². The molecule has 1 aliphatic rings. The zero-order valence-corrected chi connectivity index (χ0v) is 9.69. The fourth-order valence-electron chi connectivity index (χ4n) is 1.72. The molecule has 5 heteroatoms. The third-order valence-corrected chi connectivity index (χ3v) is 2.71. The maximum atomic E-state index is 11.5. The summed E-state index contributed by atoms with van der Waals surface area (Å²) in [6.07, 6.45) is 1.94. The van der Waals surface area contributed by atoms with Crippen molar-refractivity contribution < 1.29 is 19.1 Å². The Morgan fingerprint density at radius 3 is 2.62 bits per heavy atom. The average molecular weight is 227 g/mol. The predicted octanol–water partition coefficient (Wildman–Crippen LogP) is 0.725. The van der Waals surface area contributed by atoms with Crippen molar-refractivity contribution in [3.63, 3.8) is 0 Å². The smallest absolute Gasteiger partial charge is 0.305 e. The Morgan fingerprint density at radius 2 is 2.12 bits per heavy atom. The quantitative estimate of drug-likeness (QED) is 0.394. The van der Waals surface area contributed by atoms with E-state index < -0.39 is 0 Å². The number of ether oxygens (including phenoxy) is 1. The fraction of sp³-hybridized carbons (Fsp3) is 0.727. The highest BCUT2D eigenvalue weighted by molar-refractivity contribution is 6.03. The number of carbonyl (C=O) groups excluding carboxylic acids is 3. The molecule has 0 aliphatic carbocycles.